The number of aliphatic imine (C=N–C) groups is 1. The molecular formula is C23H34FIN6O. The van der Waals surface area contributed by atoms with Crippen molar-refractivity contribution in [3.05, 3.63) is 54.0 Å². The van der Waals surface area contributed by atoms with E-state index in [4.69, 9.17) is 9.73 Å². The summed E-state index contributed by atoms with van der Waals surface area (Å²) in [6.07, 6.45) is 2.79. The van der Waals surface area contributed by atoms with E-state index in [1.807, 2.05) is 24.4 Å². The quantitative estimate of drug-likeness (QED) is 0.214. The minimum atomic E-state index is -0.200. The molecule has 1 aromatic heterocycles. The molecule has 0 radical (unpaired) electrons. The second-order valence-electron chi connectivity index (χ2n) is 7.44. The van der Waals surface area contributed by atoms with Crippen molar-refractivity contribution in [2.24, 2.45) is 4.99 Å². The van der Waals surface area contributed by atoms with E-state index in [2.05, 4.69) is 38.4 Å². The molecule has 3 rings (SSSR count). The number of aromatic nitrogens is 1. The van der Waals surface area contributed by atoms with Gasteiger partial charge in [-0.1, -0.05) is 0 Å². The summed E-state index contributed by atoms with van der Waals surface area (Å²) in [5.74, 6) is 1.59. The lowest BCUT2D eigenvalue weighted by Crippen LogP contribution is -2.46. The lowest BCUT2D eigenvalue weighted by molar-refractivity contribution is 0.195. The molecule has 32 heavy (non-hydrogen) atoms. The van der Waals surface area contributed by atoms with Crippen LogP contribution in [0.1, 0.15) is 18.9 Å². The highest BCUT2D eigenvalue weighted by Gasteiger charge is 2.18. The van der Waals surface area contributed by atoms with Crippen molar-refractivity contribution < 1.29 is 9.13 Å². The van der Waals surface area contributed by atoms with E-state index in [1.54, 1.807) is 7.11 Å². The van der Waals surface area contributed by atoms with Gasteiger partial charge in [-0.3, -0.25) is 0 Å². The Morgan fingerprint density at radius 3 is 2.50 bits per heavy atom. The first-order valence-corrected chi connectivity index (χ1v) is 10.9. The molecule has 2 N–H and O–H groups in total. The smallest absolute Gasteiger partial charge is 0.191 e. The van der Waals surface area contributed by atoms with Gasteiger partial charge in [-0.25, -0.2) is 14.4 Å². The normalized spacial score (nSPS) is 14.2. The standard InChI is InChI=1S/C23H33FN6O.HI/c1-3-25-23(27-10-4-16-31-2)28-18-19-9-11-26-22(17-19)30-14-12-29(13-15-30)21-7-5-20(24)6-8-21;/h5-9,11,17H,3-4,10,12-16,18H2,1-2H3,(H2,25,27,28);1H. The molecule has 2 heterocycles. The molecule has 0 saturated carbocycles. The third-order valence-corrected chi connectivity index (χ3v) is 5.19. The van der Waals surface area contributed by atoms with Crippen LogP contribution in [0.5, 0.6) is 0 Å². The van der Waals surface area contributed by atoms with Crippen molar-refractivity contribution in [3.8, 4) is 0 Å². The van der Waals surface area contributed by atoms with Gasteiger partial charge in [0.05, 0.1) is 6.54 Å². The Balaban J connectivity index is 0.00000363. The molecule has 1 aliphatic heterocycles. The first-order valence-electron chi connectivity index (χ1n) is 10.9. The molecule has 1 aliphatic rings. The molecule has 0 aliphatic carbocycles. The molecule has 1 fully saturated rings. The van der Waals surface area contributed by atoms with Crippen molar-refractivity contribution in [1.82, 2.24) is 15.6 Å². The van der Waals surface area contributed by atoms with Crippen molar-refractivity contribution in [2.45, 2.75) is 19.9 Å². The molecule has 0 unspecified atom stereocenters. The molecular weight excluding hydrogens is 522 g/mol. The zero-order valence-corrected chi connectivity index (χ0v) is 21.2. The number of methoxy groups -OCH3 is 1. The fourth-order valence-corrected chi connectivity index (χ4v) is 3.51. The monoisotopic (exact) mass is 556 g/mol. The van der Waals surface area contributed by atoms with Gasteiger partial charge < -0.3 is 25.2 Å². The Hall–Kier alpha value is -2.14. The van der Waals surface area contributed by atoms with Crippen LogP contribution < -0.4 is 20.4 Å². The van der Waals surface area contributed by atoms with Gasteiger partial charge in [-0.2, -0.15) is 0 Å². The van der Waals surface area contributed by atoms with Crippen LogP contribution in [-0.2, 0) is 11.3 Å². The third-order valence-electron chi connectivity index (χ3n) is 5.19. The summed E-state index contributed by atoms with van der Waals surface area (Å²) in [6.45, 7) is 8.52. The summed E-state index contributed by atoms with van der Waals surface area (Å²) >= 11 is 0. The number of hydrogen-bond donors (Lipinski definition) is 2. The van der Waals surface area contributed by atoms with Crippen LogP contribution >= 0.6 is 24.0 Å². The topological polar surface area (TPSA) is 65.0 Å². The summed E-state index contributed by atoms with van der Waals surface area (Å²) in [5, 5.41) is 6.61. The zero-order valence-electron chi connectivity index (χ0n) is 18.9. The number of hydrogen-bond acceptors (Lipinski definition) is 5. The molecule has 0 bridgehead atoms. The SMILES string of the molecule is CCNC(=NCc1ccnc(N2CCN(c3ccc(F)cc3)CC2)c1)NCCCOC.I. The molecule has 9 heteroatoms. The Morgan fingerprint density at radius 2 is 1.81 bits per heavy atom. The minimum absolute atomic E-state index is 0. The molecule has 176 valence electrons. The van der Waals surface area contributed by atoms with Gasteiger partial charge in [-0.15, -0.1) is 24.0 Å². The van der Waals surface area contributed by atoms with Gasteiger partial charge in [0.25, 0.3) is 0 Å². The lowest BCUT2D eigenvalue weighted by Gasteiger charge is -2.36. The van der Waals surface area contributed by atoms with E-state index < -0.39 is 0 Å². The van der Waals surface area contributed by atoms with Gasteiger partial charge in [-0.05, 0) is 55.3 Å². The number of halogens is 2. The van der Waals surface area contributed by atoms with Crippen LogP contribution in [0.3, 0.4) is 0 Å². The summed E-state index contributed by atoms with van der Waals surface area (Å²) < 4.78 is 18.3. The lowest BCUT2D eigenvalue weighted by atomic mass is 10.2. The number of benzene rings is 1. The Morgan fingerprint density at radius 1 is 1.09 bits per heavy atom. The number of nitrogens with one attached hydrogen (secondary N) is 2. The minimum Gasteiger partial charge on any atom is -0.385 e. The summed E-state index contributed by atoms with van der Waals surface area (Å²) in [4.78, 5) is 13.8. The number of nitrogens with zero attached hydrogens (tertiary/aromatic N) is 4. The fraction of sp³-hybridized carbons (Fsp3) is 0.478. The zero-order chi connectivity index (χ0) is 21.9. The Bertz CT molecular complexity index is 827. The number of anilines is 2. The number of guanidine groups is 1. The average Bonchev–Trinajstić information content (AvgIpc) is 2.81. The molecule has 0 amide bonds. The van der Waals surface area contributed by atoms with E-state index in [0.717, 1.165) is 75.3 Å². The van der Waals surface area contributed by atoms with Crippen LogP contribution in [0.4, 0.5) is 15.9 Å². The van der Waals surface area contributed by atoms with Crippen molar-refractivity contribution >= 4 is 41.4 Å². The summed E-state index contributed by atoms with van der Waals surface area (Å²) in [7, 11) is 1.71. The van der Waals surface area contributed by atoms with Crippen molar-refractivity contribution in [2.75, 3.05) is 62.8 Å². The second kappa shape index (κ2) is 14.1. The highest BCUT2D eigenvalue weighted by molar-refractivity contribution is 14.0. The Kier molecular flexibility index (Phi) is 11.5. The second-order valence-corrected chi connectivity index (χ2v) is 7.44. The maximum absolute atomic E-state index is 13.2. The molecule has 1 saturated heterocycles. The van der Waals surface area contributed by atoms with E-state index in [1.165, 1.54) is 12.1 Å². The van der Waals surface area contributed by atoms with Crippen LogP contribution in [-0.4, -0.2) is 63.9 Å². The average molecular weight is 556 g/mol. The maximum Gasteiger partial charge on any atom is 0.191 e. The predicted molar refractivity (Wildman–Crippen MR) is 140 cm³/mol. The number of piperazine rings is 1. The van der Waals surface area contributed by atoms with E-state index >= 15 is 0 Å². The predicted octanol–water partition coefficient (Wildman–Crippen LogP) is 3.26. The van der Waals surface area contributed by atoms with Gasteiger partial charge in [0.15, 0.2) is 5.96 Å². The van der Waals surface area contributed by atoms with Gasteiger partial charge in [0.1, 0.15) is 11.6 Å². The van der Waals surface area contributed by atoms with Gasteiger partial charge in [0.2, 0.25) is 0 Å². The largest absolute Gasteiger partial charge is 0.385 e. The Labute approximate surface area is 207 Å². The van der Waals surface area contributed by atoms with Crippen molar-refractivity contribution in [1.29, 1.82) is 0 Å². The number of pyridine rings is 1. The first kappa shape index (κ1) is 26.1. The van der Waals surface area contributed by atoms with Crippen LogP contribution in [0, 0.1) is 5.82 Å². The fourth-order valence-electron chi connectivity index (χ4n) is 3.51. The van der Waals surface area contributed by atoms with Gasteiger partial charge in [0, 0.05) is 64.9 Å². The number of rotatable bonds is 9. The molecule has 2 aromatic rings. The highest BCUT2D eigenvalue weighted by Crippen LogP contribution is 2.20. The molecule has 1 aromatic carbocycles. The third kappa shape index (κ3) is 8.09. The van der Waals surface area contributed by atoms with E-state index in [9.17, 15) is 4.39 Å². The van der Waals surface area contributed by atoms with Crippen LogP contribution in [0.2, 0.25) is 0 Å². The van der Waals surface area contributed by atoms with E-state index in [0.29, 0.717) is 6.54 Å². The molecule has 0 spiro atoms. The summed E-state index contributed by atoms with van der Waals surface area (Å²) in [5.41, 5.74) is 2.19. The molecule has 0 atom stereocenters. The molecule has 7 nitrogen and oxygen atoms in total. The van der Waals surface area contributed by atoms with Gasteiger partial charge >= 0.3 is 0 Å². The maximum atomic E-state index is 13.2. The van der Waals surface area contributed by atoms with Crippen LogP contribution in [0.15, 0.2) is 47.6 Å². The highest BCUT2D eigenvalue weighted by atomic mass is 127. The van der Waals surface area contributed by atoms with E-state index in [-0.39, 0.29) is 29.8 Å². The van der Waals surface area contributed by atoms with Crippen LogP contribution in [0.25, 0.3) is 0 Å². The van der Waals surface area contributed by atoms with Crippen molar-refractivity contribution in [3.63, 3.8) is 0 Å². The number of ether oxygens (including phenoxy) is 1. The first-order chi connectivity index (χ1) is 15.2. The summed E-state index contributed by atoms with van der Waals surface area (Å²) in [6, 6.07) is 10.8.